The van der Waals surface area contributed by atoms with Crippen LogP contribution in [0.3, 0.4) is 0 Å². The minimum atomic E-state index is -0.352. The molecule has 1 aliphatic carbocycles. The Morgan fingerprint density at radius 1 is 1.17 bits per heavy atom. The molecule has 2 saturated heterocycles. The lowest BCUT2D eigenvalue weighted by molar-refractivity contribution is -0.135. The van der Waals surface area contributed by atoms with Gasteiger partial charge in [0.15, 0.2) is 0 Å². The van der Waals surface area contributed by atoms with Crippen molar-refractivity contribution in [3.8, 4) is 0 Å². The van der Waals surface area contributed by atoms with E-state index in [-0.39, 0.29) is 23.5 Å². The second-order valence-corrected chi connectivity index (χ2v) is 6.50. The topological polar surface area (TPSA) is 43.8 Å². The fraction of sp³-hybridized carbons (Fsp3) is 0.929. The van der Waals surface area contributed by atoms with Gasteiger partial charge in [0.05, 0.1) is 12.1 Å². The Labute approximate surface area is 109 Å². The molecule has 0 unspecified atom stereocenters. The van der Waals surface area contributed by atoms with Crippen LogP contribution in [0.15, 0.2) is 0 Å². The van der Waals surface area contributed by atoms with Gasteiger partial charge in [0.1, 0.15) is 0 Å². The molecule has 1 saturated carbocycles. The number of rotatable bonds is 2. The zero-order valence-corrected chi connectivity index (χ0v) is 11.3. The van der Waals surface area contributed by atoms with Gasteiger partial charge >= 0.3 is 0 Å². The molecule has 2 aliphatic heterocycles. The van der Waals surface area contributed by atoms with Crippen LogP contribution in [-0.4, -0.2) is 59.1 Å². The Hall–Kier alpha value is -0.610. The number of likely N-dealkylation sites (tertiary alicyclic amines) is 2. The maximum Gasteiger partial charge on any atom is 0.228 e. The number of β-amino-alcohol motifs (C(OH)–C–C–N with tert-alkyl or cyclic N) is 1. The van der Waals surface area contributed by atoms with Crippen LogP contribution >= 0.6 is 0 Å². The van der Waals surface area contributed by atoms with Crippen molar-refractivity contribution in [1.29, 1.82) is 0 Å². The number of aliphatic hydroxyl groups excluding tert-OH is 1. The third-order valence-corrected chi connectivity index (χ3v) is 4.92. The van der Waals surface area contributed by atoms with E-state index in [9.17, 15) is 9.90 Å². The van der Waals surface area contributed by atoms with Crippen LogP contribution in [0.1, 0.15) is 39.0 Å². The van der Waals surface area contributed by atoms with Crippen molar-refractivity contribution in [3.63, 3.8) is 0 Å². The minimum absolute atomic E-state index is 0.101. The lowest BCUT2D eigenvalue weighted by atomic mass is 10.1. The summed E-state index contributed by atoms with van der Waals surface area (Å²) in [6.07, 6.45) is 5.46. The lowest BCUT2D eigenvalue weighted by Crippen LogP contribution is -2.46. The average Bonchev–Trinajstić information content (AvgIpc) is 3.01. The van der Waals surface area contributed by atoms with E-state index in [1.807, 2.05) is 4.90 Å². The van der Waals surface area contributed by atoms with Crippen molar-refractivity contribution in [2.45, 2.75) is 51.2 Å². The molecule has 0 bridgehead atoms. The highest BCUT2D eigenvalue weighted by Gasteiger charge is 2.50. The van der Waals surface area contributed by atoms with Gasteiger partial charge in [0.25, 0.3) is 0 Å². The van der Waals surface area contributed by atoms with Crippen LogP contribution in [-0.2, 0) is 4.79 Å². The molecular weight excluding hydrogens is 228 g/mol. The van der Waals surface area contributed by atoms with Gasteiger partial charge in [-0.15, -0.1) is 0 Å². The van der Waals surface area contributed by atoms with Crippen molar-refractivity contribution >= 4 is 5.91 Å². The maximum atomic E-state index is 12.3. The van der Waals surface area contributed by atoms with E-state index in [4.69, 9.17) is 0 Å². The molecule has 0 spiro atoms. The van der Waals surface area contributed by atoms with Crippen molar-refractivity contribution in [3.05, 3.63) is 0 Å². The zero-order chi connectivity index (χ0) is 12.8. The summed E-state index contributed by atoms with van der Waals surface area (Å²) in [7, 11) is 0. The van der Waals surface area contributed by atoms with E-state index in [0.717, 1.165) is 32.5 Å². The molecule has 3 rings (SSSR count). The Morgan fingerprint density at radius 2 is 1.83 bits per heavy atom. The van der Waals surface area contributed by atoms with Gasteiger partial charge in [-0.1, -0.05) is 13.3 Å². The molecule has 1 amide bonds. The van der Waals surface area contributed by atoms with Crippen molar-refractivity contribution in [2.75, 3.05) is 26.2 Å². The molecule has 3 fully saturated rings. The SMILES string of the molecule is CC1(C(=O)N2C[C@H](O)[C@@H](N3CCCCC3)C2)CC1. The van der Waals surface area contributed by atoms with Gasteiger partial charge in [0.2, 0.25) is 5.91 Å². The van der Waals surface area contributed by atoms with Crippen LogP contribution in [0.2, 0.25) is 0 Å². The first-order valence-corrected chi connectivity index (χ1v) is 7.32. The van der Waals surface area contributed by atoms with Crippen LogP contribution in [0.4, 0.5) is 0 Å². The van der Waals surface area contributed by atoms with Crippen LogP contribution in [0.25, 0.3) is 0 Å². The molecule has 0 radical (unpaired) electrons. The minimum Gasteiger partial charge on any atom is -0.390 e. The normalized spacial score (nSPS) is 35.8. The molecule has 3 aliphatic rings. The van der Waals surface area contributed by atoms with Crippen molar-refractivity contribution in [2.24, 2.45) is 5.41 Å². The van der Waals surface area contributed by atoms with Gasteiger partial charge in [-0.25, -0.2) is 0 Å². The number of amides is 1. The number of hydrogen-bond donors (Lipinski definition) is 1. The highest BCUT2D eigenvalue weighted by Crippen LogP contribution is 2.47. The molecule has 2 heterocycles. The van der Waals surface area contributed by atoms with Crippen LogP contribution < -0.4 is 0 Å². The van der Waals surface area contributed by atoms with E-state index in [2.05, 4.69) is 11.8 Å². The lowest BCUT2D eigenvalue weighted by Gasteiger charge is -2.33. The van der Waals surface area contributed by atoms with Crippen molar-refractivity contribution < 1.29 is 9.90 Å². The highest BCUT2D eigenvalue weighted by molar-refractivity contribution is 5.85. The Balaban J connectivity index is 1.62. The summed E-state index contributed by atoms with van der Waals surface area (Å²) in [6.45, 7) is 5.49. The standard InChI is InChI=1S/C14H24N2O2/c1-14(5-6-14)13(18)16-9-11(12(17)10-16)15-7-3-2-4-8-15/h11-12,17H,2-10H2,1H3/t11-,12-/m0/s1. The second-order valence-electron chi connectivity index (χ2n) is 6.50. The predicted molar refractivity (Wildman–Crippen MR) is 69.1 cm³/mol. The van der Waals surface area contributed by atoms with Crippen molar-refractivity contribution in [1.82, 2.24) is 9.80 Å². The summed E-state index contributed by atoms with van der Waals surface area (Å²) in [5.74, 6) is 0.265. The molecule has 2 atom stereocenters. The third-order valence-electron chi connectivity index (χ3n) is 4.92. The van der Waals surface area contributed by atoms with E-state index in [1.165, 1.54) is 19.3 Å². The highest BCUT2D eigenvalue weighted by atomic mass is 16.3. The first-order valence-electron chi connectivity index (χ1n) is 7.32. The smallest absolute Gasteiger partial charge is 0.228 e. The maximum absolute atomic E-state index is 12.3. The Bertz CT molecular complexity index is 335. The summed E-state index contributed by atoms with van der Waals surface area (Å²) in [6, 6.07) is 0.177. The van der Waals surface area contributed by atoms with E-state index in [1.54, 1.807) is 0 Å². The largest absolute Gasteiger partial charge is 0.390 e. The molecule has 102 valence electrons. The first kappa shape index (κ1) is 12.4. The third kappa shape index (κ3) is 2.16. The van der Waals surface area contributed by atoms with Crippen LogP contribution in [0.5, 0.6) is 0 Å². The number of carbonyl (C=O) groups is 1. The van der Waals surface area contributed by atoms with Crippen LogP contribution in [0, 0.1) is 5.41 Å². The fourth-order valence-corrected chi connectivity index (χ4v) is 3.33. The number of piperidine rings is 1. The van der Waals surface area contributed by atoms with Gasteiger partial charge < -0.3 is 10.0 Å². The number of hydrogen-bond acceptors (Lipinski definition) is 3. The summed E-state index contributed by atoms with van der Waals surface area (Å²) >= 11 is 0. The van der Waals surface area contributed by atoms with E-state index >= 15 is 0 Å². The molecule has 18 heavy (non-hydrogen) atoms. The van der Waals surface area contributed by atoms with Gasteiger partial charge in [-0.2, -0.15) is 0 Å². The first-order chi connectivity index (χ1) is 8.60. The molecule has 0 aromatic heterocycles. The van der Waals surface area contributed by atoms with Gasteiger partial charge in [-0.05, 0) is 38.8 Å². The monoisotopic (exact) mass is 252 g/mol. The van der Waals surface area contributed by atoms with Gasteiger partial charge in [-0.3, -0.25) is 9.69 Å². The molecule has 0 aromatic rings. The molecule has 4 heteroatoms. The summed E-state index contributed by atoms with van der Waals surface area (Å²) < 4.78 is 0. The fourth-order valence-electron chi connectivity index (χ4n) is 3.33. The summed E-state index contributed by atoms with van der Waals surface area (Å²) in [5.41, 5.74) is -0.101. The Morgan fingerprint density at radius 3 is 2.44 bits per heavy atom. The number of nitrogens with zero attached hydrogens (tertiary/aromatic N) is 2. The van der Waals surface area contributed by atoms with E-state index in [0.29, 0.717) is 6.54 Å². The molecule has 0 aromatic carbocycles. The molecule has 1 N–H and O–H groups in total. The summed E-state index contributed by atoms with van der Waals surface area (Å²) in [4.78, 5) is 16.6. The molecular formula is C14H24N2O2. The number of carbonyl (C=O) groups excluding carboxylic acids is 1. The van der Waals surface area contributed by atoms with E-state index < -0.39 is 0 Å². The second kappa shape index (κ2) is 4.49. The average molecular weight is 252 g/mol. The number of aliphatic hydroxyl groups is 1. The predicted octanol–water partition coefficient (Wildman–Crippen LogP) is 0.844. The van der Waals surface area contributed by atoms with Gasteiger partial charge in [0, 0.05) is 18.5 Å². The molecule has 4 nitrogen and oxygen atoms in total. The quantitative estimate of drug-likeness (QED) is 0.792. The summed E-state index contributed by atoms with van der Waals surface area (Å²) in [5, 5.41) is 10.2. The zero-order valence-electron chi connectivity index (χ0n) is 11.3. The Kier molecular flexibility index (Phi) is 3.10.